The van der Waals surface area contributed by atoms with Gasteiger partial charge in [0, 0.05) is 10.1 Å². The molecule has 0 bridgehead atoms. The standard InChI is InChI=1S/C17H18INO2/c1-12-3-8-15(16(18)11-12)17(20)19-10-9-13-4-6-14(21-2)7-5-13/h3-8,11H,9-10H2,1-2H3,(H,19,20). The van der Waals surface area contributed by atoms with Gasteiger partial charge < -0.3 is 10.1 Å². The molecule has 1 N–H and O–H groups in total. The van der Waals surface area contributed by atoms with E-state index in [-0.39, 0.29) is 5.91 Å². The lowest BCUT2D eigenvalue weighted by atomic mass is 10.1. The van der Waals surface area contributed by atoms with Gasteiger partial charge in [-0.15, -0.1) is 0 Å². The average Bonchev–Trinajstić information content (AvgIpc) is 2.47. The van der Waals surface area contributed by atoms with Crippen LogP contribution in [-0.4, -0.2) is 19.6 Å². The Morgan fingerprint density at radius 3 is 2.52 bits per heavy atom. The summed E-state index contributed by atoms with van der Waals surface area (Å²) >= 11 is 2.20. The number of methoxy groups -OCH3 is 1. The van der Waals surface area contributed by atoms with Crippen molar-refractivity contribution >= 4 is 28.5 Å². The maximum absolute atomic E-state index is 12.1. The van der Waals surface area contributed by atoms with E-state index in [4.69, 9.17) is 4.74 Å². The summed E-state index contributed by atoms with van der Waals surface area (Å²) in [6.07, 6.45) is 0.804. The fourth-order valence-corrected chi connectivity index (χ4v) is 2.93. The Kier molecular flexibility index (Phi) is 5.61. The molecule has 0 saturated carbocycles. The zero-order chi connectivity index (χ0) is 15.2. The molecule has 2 rings (SSSR count). The van der Waals surface area contributed by atoms with Gasteiger partial charge in [0.2, 0.25) is 0 Å². The van der Waals surface area contributed by atoms with E-state index in [9.17, 15) is 4.79 Å². The first-order valence-corrected chi connectivity index (χ1v) is 7.85. The Balaban J connectivity index is 1.88. The zero-order valence-corrected chi connectivity index (χ0v) is 14.3. The van der Waals surface area contributed by atoms with Crippen LogP contribution in [-0.2, 0) is 6.42 Å². The van der Waals surface area contributed by atoms with Gasteiger partial charge in [-0.1, -0.05) is 23.8 Å². The number of halogens is 1. The Hall–Kier alpha value is -1.56. The molecule has 0 radical (unpaired) electrons. The summed E-state index contributed by atoms with van der Waals surface area (Å²) in [5, 5.41) is 2.96. The zero-order valence-electron chi connectivity index (χ0n) is 12.2. The summed E-state index contributed by atoms with van der Waals surface area (Å²) in [6, 6.07) is 13.7. The number of aryl methyl sites for hydroxylation is 1. The summed E-state index contributed by atoms with van der Waals surface area (Å²) in [4.78, 5) is 12.1. The van der Waals surface area contributed by atoms with E-state index in [1.54, 1.807) is 7.11 Å². The lowest BCUT2D eigenvalue weighted by Crippen LogP contribution is -2.26. The molecule has 0 saturated heterocycles. The number of hydrogen-bond acceptors (Lipinski definition) is 2. The van der Waals surface area contributed by atoms with Crippen molar-refractivity contribution in [3.63, 3.8) is 0 Å². The Morgan fingerprint density at radius 2 is 1.90 bits per heavy atom. The van der Waals surface area contributed by atoms with E-state index in [2.05, 4.69) is 27.9 Å². The van der Waals surface area contributed by atoms with E-state index in [0.29, 0.717) is 6.54 Å². The highest BCUT2D eigenvalue weighted by Gasteiger charge is 2.09. The number of amides is 1. The Labute approximate surface area is 138 Å². The molecular weight excluding hydrogens is 377 g/mol. The monoisotopic (exact) mass is 395 g/mol. The van der Waals surface area contributed by atoms with Crippen molar-refractivity contribution < 1.29 is 9.53 Å². The molecule has 21 heavy (non-hydrogen) atoms. The van der Waals surface area contributed by atoms with Crippen LogP contribution in [0.1, 0.15) is 21.5 Å². The van der Waals surface area contributed by atoms with E-state index >= 15 is 0 Å². The SMILES string of the molecule is COc1ccc(CCNC(=O)c2ccc(C)cc2I)cc1. The molecule has 0 aliphatic heterocycles. The van der Waals surface area contributed by atoms with E-state index < -0.39 is 0 Å². The number of carbonyl (C=O) groups is 1. The summed E-state index contributed by atoms with van der Waals surface area (Å²) in [5.41, 5.74) is 3.07. The van der Waals surface area contributed by atoms with Crippen LogP contribution in [0.25, 0.3) is 0 Å². The topological polar surface area (TPSA) is 38.3 Å². The fraction of sp³-hybridized carbons (Fsp3) is 0.235. The molecule has 0 atom stereocenters. The molecule has 1 amide bonds. The van der Waals surface area contributed by atoms with E-state index in [1.165, 1.54) is 5.56 Å². The quantitative estimate of drug-likeness (QED) is 0.787. The van der Waals surface area contributed by atoms with Crippen LogP contribution in [0.4, 0.5) is 0 Å². The van der Waals surface area contributed by atoms with E-state index in [0.717, 1.165) is 26.9 Å². The van der Waals surface area contributed by atoms with E-state index in [1.807, 2.05) is 49.4 Å². The smallest absolute Gasteiger partial charge is 0.252 e. The van der Waals surface area contributed by atoms with Crippen molar-refractivity contribution in [2.75, 3.05) is 13.7 Å². The highest BCUT2D eigenvalue weighted by atomic mass is 127. The molecule has 0 spiro atoms. The number of benzene rings is 2. The average molecular weight is 395 g/mol. The third kappa shape index (κ3) is 4.46. The summed E-state index contributed by atoms with van der Waals surface area (Å²) in [5.74, 6) is 0.824. The van der Waals surface area contributed by atoms with Crippen LogP contribution in [0.3, 0.4) is 0 Å². The number of hydrogen-bond donors (Lipinski definition) is 1. The third-order valence-electron chi connectivity index (χ3n) is 3.23. The third-order valence-corrected chi connectivity index (χ3v) is 4.12. The predicted molar refractivity (Wildman–Crippen MR) is 92.9 cm³/mol. The van der Waals surface area contributed by atoms with Gasteiger partial charge in [-0.3, -0.25) is 4.79 Å². The van der Waals surface area contributed by atoms with Gasteiger partial charge in [0.1, 0.15) is 5.75 Å². The number of carbonyl (C=O) groups excluding carboxylic acids is 1. The van der Waals surface area contributed by atoms with Crippen LogP contribution < -0.4 is 10.1 Å². The highest BCUT2D eigenvalue weighted by Crippen LogP contribution is 2.14. The molecule has 0 aliphatic rings. The van der Waals surface area contributed by atoms with Gasteiger partial charge in [0.05, 0.1) is 12.7 Å². The molecule has 0 heterocycles. The number of nitrogens with one attached hydrogen (secondary N) is 1. The minimum absolute atomic E-state index is 0.0205. The molecule has 0 unspecified atom stereocenters. The largest absolute Gasteiger partial charge is 0.497 e. The first-order valence-electron chi connectivity index (χ1n) is 6.77. The predicted octanol–water partition coefficient (Wildman–Crippen LogP) is 3.58. The highest BCUT2D eigenvalue weighted by molar-refractivity contribution is 14.1. The normalized spacial score (nSPS) is 10.2. The molecule has 2 aromatic carbocycles. The van der Waals surface area contributed by atoms with Crippen LogP contribution in [0.15, 0.2) is 42.5 Å². The van der Waals surface area contributed by atoms with Crippen LogP contribution in [0.5, 0.6) is 5.75 Å². The van der Waals surface area contributed by atoms with Crippen molar-refractivity contribution in [3.8, 4) is 5.75 Å². The van der Waals surface area contributed by atoms with Gasteiger partial charge in [0.15, 0.2) is 0 Å². The van der Waals surface area contributed by atoms with Crippen molar-refractivity contribution in [2.24, 2.45) is 0 Å². The van der Waals surface area contributed by atoms with Crippen LogP contribution >= 0.6 is 22.6 Å². The minimum atomic E-state index is -0.0205. The molecule has 2 aromatic rings. The minimum Gasteiger partial charge on any atom is -0.497 e. The molecule has 0 aliphatic carbocycles. The van der Waals surface area contributed by atoms with Crippen LogP contribution in [0, 0.1) is 10.5 Å². The molecule has 0 fully saturated rings. The van der Waals surface area contributed by atoms with Gasteiger partial charge in [-0.2, -0.15) is 0 Å². The summed E-state index contributed by atoms with van der Waals surface area (Å²) < 4.78 is 6.10. The Morgan fingerprint density at radius 1 is 1.19 bits per heavy atom. The second-order valence-corrected chi connectivity index (χ2v) is 6.00. The van der Waals surface area contributed by atoms with Crippen molar-refractivity contribution in [3.05, 3.63) is 62.7 Å². The van der Waals surface area contributed by atoms with Crippen molar-refractivity contribution in [1.82, 2.24) is 5.32 Å². The molecular formula is C17H18INO2. The van der Waals surface area contributed by atoms with Gasteiger partial charge in [0.25, 0.3) is 5.91 Å². The van der Waals surface area contributed by atoms with Crippen molar-refractivity contribution in [1.29, 1.82) is 0 Å². The van der Waals surface area contributed by atoms with Crippen molar-refractivity contribution in [2.45, 2.75) is 13.3 Å². The molecule has 3 nitrogen and oxygen atoms in total. The second-order valence-electron chi connectivity index (χ2n) is 4.84. The fourth-order valence-electron chi connectivity index (χ4n) is 2.01. The molecule has 110 valence electrons. The second kappa shape index (κ2) is 7.45. The number of rotatable bonds is 5. The first-order chi connectivity index (χ1) is 10.1. The molecule has 0 aromatic heterocycles. The maximum atomic E-state index is 12.1. The number of ether oxygens (including phenoxy) is 1. The summed E-state index contributed by atoms with van der Waals surface area (Å²) in [6.45, 7) is 2.64. The molecule has 4 heteroatoms. The first kappa shape index (κ1) is 15.8. The Bertz CT molecular complexity index is 623. The van der Waals surface area contributed by atoms with Gasteiger partial charge >= 0.3 is 0 Å². The lowest BCUT2D eigenvalue weighted by molar-refractivity contribution is 0.0953. The lowest BCUT2D eigenvalue weighted by Gasteiger charge is -2.08. The summed E-state index contributed by atoms with van der Waals surface area (Å²) in [7, 11) is 1.65. The van der Waals surface area contributed by atoms with Gasteiger partial charge in [-0.25, -0.2) is 0 Å². The van der Waals surface area contributed by atoms with Crippen LogP contribution in [0.2, 0.25) is 0 Å². The maximum Gasteiger partial charge on any atom is 0.252 e. The van der Waals surface area contributed by atoms with Gasteiger partial charge in [-0.05, 0) is 65.8 Å².